The zero-order valence-corrected chi connectivity index (χ0v) is 9.88. The van der Waals surface area contributed by atoms with E-state index in [0.717, 1.165) is 0 Å². The highest BCUT2D eigenvalue weighted by molar-refractivity contribution is 5.95. The lowest BCUT2D eigenvalue weighted by Gasteiger charge is -2.06. The molecule has 0 saturated heterocycles. The molecule has 0 fully saturated rings. The first-order valence-electron chi connectivity index (χ1n) is 5.20. The molecule has 0 bridgehead atoms. The summed E-state index contributed by atoms with van der Waals surface area (Å²) >= 11 is 0. The second-order valence-corrected chi connectivity index (χ2v) is 3.33. The van der Waals surface area contributed by atoms with E-state index in [0.29, 0.717) is 19.0 Å². The van der Waals surface area contributed by atoms with Crippen molar-refractivity contribution in [2.24, 2.45) is 0 Å². The zero-order valence-electron chi connectivity index (χ0n) is 9.88. The lowest BCUT2D eigenvalue weighted by atomic mass is 10.2. The molecule has 1 aromatic rings. The molecule has 0 unspecified atom stereocenters. The number of amides is 1. The number of ether oxygens (including phenoxy) is 2. The number of nitrogens with zero attached hydrogens (tertiary/aromatic N) is 1. The number of carbonyl (C=O) groups is 2. The molecule has 0 saturated carbocycles. The fraction of sp³-hybridized carbons (Fsp3) is 0.364. The van der Waals surface area contributed by atoms with Crippen LogP contribution in [-0.2, 0) is 9.53 Å². The first-order chi connectivity index (χ1) is 8.63. The van der Waals surface area contributed by atoms with Crippen LogP contribution < -0.4 is 10.1 Å². The predicted octanol–water partition coefficient (Wildman–Crippen LogP) is -0.0788. The highest BCUT2D eigenvalue weighted by atomic mass is 16.5. The monoisotopic (exact) mass is 254 g/mol. The first-order valence-corrected chi connectivity index (χ1v) is 5.20. The Morgan fingerprint density at radius 3 is 2.83 bits per heavy atom. The molecule has 2 N–H and O–H groups in total. The van der Waals surface area contributed by atoms with Crippen LogP contribution in [0.1, 0.15) is 10.4 Å². The molecule has 18 heavy (non-hydrogen) atoms. The van der Waals surface area contributed by atoms with Gasteiger partial charge in [-0.05, 0) is 6.07 Å². The van der Waals surface area contributed by atoms with Gasteiger partial charge in [0.25, 0.3) is 5.91 Å². The average Bonchev–Trinajstić information content (AvgIpc) is 2.36. The van der Waals surface area contributed by atoms with Crippen molar-refractivity contribution < 1.29 is 24.2 Å². The third-order valence-corrected chi connectivity index (χ3v) is 1.93. The van der Waals surface area contributed by atoms with Crippen LogP contribution in [0.2, 0.25) is 0 Å². The number of aromatic nitrogens is 1. The Balaban J connectivity index is 2.57. The minimum atomic E-state index is -1.11. The molecule has 1 aromatic heterocycles. The van der Waals surface area contributed by atoms with Gasteiger partial charge in [0.1, 0.15) is 18.9 Å². The number of rotatable bonds is 7. The van der Waals surface area contributed by atoms with E-state index in [1.807, 2.05) is 0 Å². The maximum absolute atomic E-state index is 11.5. The molecular weight excluding hydrogens is 240 g/mol. The number of pyridine rings is 1. The summed E-state index contributed by atoms with van der Waals surface area (Å²) in [7, 11) is 1.55. The topological polar surface area (TPSA) is 97.8 Å². The Kier molecular flexibility index (Phi) is 5.59. The van der Waals surface area contributed by atoms with Gasteiger partial charge in [0.15, 0.2) is 0 Å². The normalized spacial score (nSPS) is 9.83. The molecule has 0 aromatic carbocycles. The van der Waals surface area contributed by atoms with Crippen molar-refractivity contribution in [3.8, 4) is 5.75 Å². The molecule has 1 amide bonds. The average molecular weight is 254 g/mol. The van der Waals surface area contributed by atoms with Gasteiger partial charge in [-0.2, -0.15) is 0 Å². The highest BCUT2D eigenvalue weighted by Crippen LogP contribution is 2.10. The number of carbonyl (C=O) groups excluding carboxylic acids is 1. The van der Waals surface area contributed by atoms with E-state index in [1.54, 1.807) is 7.11 Å². The summed E-state index contributed by atoms with van der Waals surface area (Å²) in [4.78, 5) is 25.7. The molecule has 0 atom stereocenters. The molecule has 7 heteroatoms. The number of hydrogen-bond donors (Lipinski definition) is 2. The summed E-state index contributed by atoms with van der Waals surface area (Å²) in [6.45, 7) is 0.335. The van der Waals surface area contributed by atoms with Gasteiger partial charge < -0.3 is 19.9 Å². The Labute approximate surface area is 104 Å². The largest absolute Gasteiger partial charge is 0.490 e. The summed E-state index contributed by atoms with van der Waals surface area (Å²) in [6, 6.07) is 1.49. The Morgan fingerprint density at radius 2 is 2.17 bits per heavy atom. The minimum Gasteiger partial charge on any atom is -0.490 e. The van der Waals surface area contributed by atoms with Crippen molar-refractivity contribution in [1.29, 1.82) is 0 Å². The van der Waals surface area contributed by atoms with Crippen LogP contribution in [0.15, 0.2) is 18.5 Å². The SMILES string of the molecule is COCCOc1cncc(C(=O)NCC(=O)O)c1. The van der Waals surface area contributed by atoms with Crippen molar-refractivity contribution in [2.75, 3.05) is 26.9 Å². The molecule has 1 rings (SSSR count). The van der Waals surface area contributed by atoms with E-state index >= 15 is 0 Å². The second-order valence-electron chi connectivity index (χ2n) is 3.33. The van der Waals surface area contributed by atoms with Gasteiger partial charge >= 0.3 is 5.97 Å². The third-order valence-electron chi connectivity index (χ3n) is 1.93. The Hall–Kier alpha value is -2.15. The lowest BCUT2D eigenvalue weighted by molar-refractivity contribution is -0.135. The van der Waals surface area contributed by atoms with Crippen LogP contribution in [0.4, 0.5) is 0 Å². The van der Waals surface area contributed by atoms with Crippen LogP contribution in [0, 0.1) is 0 Å². The lowest BCUT2D eigenvalue weighted by Crippen LogP contribution is -2.29. The van der Waals surface area contributed by atoms with E-state index < -0.39 is 18.4 Å². The molecule has 0 radical (unpaired) electrons. The molecule has 0 aliphatic carbocycles. The van der Waals surface area contributed by atoms with E-state index in [-0.39, 0.29) is 5.56 Å². The van der Waals surface area contributed by atoms with E-state index in [1.165, 1.54) is 18.5 Å². The van der Waals surface area contributed by atoms with Crippen LogP contribution in [0.3, 0.4) is 0 Å². The maximum Gasteiger partial charge on any atom is 0.322 e. The van der Waals surface area contributed by atoms with Gasteiger partial charge in [0, 0.05) is 13.3 Å². The van der Waals surface area contributed by atoms with Gasteiger partial charge in [-0.1, -0.05) is 0 Å². The number of hydrogen-bond acceptors (Lipinski definition) is 5. The Bertz CT molecular complexity index is 422. The van der Waals surface area contributed by atoms with Crippen LogP contribution in [0.5, 0.6) is 5.75 Å². The van der Waals surface area contributed by atoms with Crippen LogP contribution in [0.25, 0.3) is 0 Å². The molecule has 0 aliphatic rings. The smallest absolute Gasteiger partial charge is 0.322 e. The van der Waals surface area contributed by atoms with E-state index in [9.17, 15) is 9.59 Å². The third kappa shape index (κ3) is 4.79. The molecule has 1 heterocycles. The van der Waals surface area contributed by atoms with Crippen molar-refractivity contribution in [3.63, 3.8) is 0 Å². The van der Waals surface area contributed by atoms with Gasteiger partial charge in [-0.15, -0.1) is 0 Å². The van der Waals surface area contributed by atoms with Crippen molar-refractivity contribution in [2.45, 2.75) is 0 Å². The summed E-state index contributed by atoms with van der Waals surface area (Å²) in [5, 5.41) is 10.7. The van der Waals surface area contributed by atoms with Crippen molar-refractivity contribution in [3.05, 3.63) is 24.0 Å². The predicted molar refractivity (Wildman–Crippen MR) is 61.6 cm³/mol. The van der Waals surface area contributed by atoms with Crippen LogP contribution >= 0.6 is 0 Å². The summed E-state index contributed by atoms with van der Waals surface area (Å²) in [5.74, 6) is -1.19. The number of carboxylic acids is 1. The summed E-state index contributed by atoms with van der Waals surface area (Å²) in [5.41, 5.74) is 0.242. The first kappa shape index (κ1) is 13.9. The van der Waals surface area contributed by atoms with Crippen LogP contribution in [-0.4, -0.2) is 48.8 Å². The van der Waals surface area contributed by atoms with Crippen molar-refractivity contribution >= 4 is 11.9 Å². The zero-order chi connectivity index (χ0) is 13.4. The fourth-order valence-electron chi connectivity index (χ4n) is 1.12. The van der Waals surface area contributed by atoms with Gasteiger partial charge in [-0.3, -0.25) is 14.6 Å². The van der Waals surface area contributed by atoms with Crippen molar-refractivity contribution in [1.82, 2.24) is 10.3 Å². The fourth-order valence-corrected chi connectivity index (χ4v) is 1.12. The molecule has 7 nitrogen and oxygen atoms in total. The number of nitrogens with one attached hydrogen (secondary N) is 1. The van der Waals surface area contributed by atoms with Gasteiger partial charge in [0.05, 0.1) is 18.4 Å². The summed E-state index contributed by atoms with van der Waals surface area (Å²) in [6.07, 6.45) is 2.80. The van der Waals surface area contributed by atoms with Gasteiger partial charge in [-0.25, -0.2) is 0 Å². The molecule has 0 spiro atoms. The minimum absolute atomic E-state index is 0.242. The van der Waals surface area contributed by atoms with Gasteiger partial charge in [0.2, 0.25) is 0 Å². The van der Waals surface area contributed by atoms with E-state index in [4.69, 9.17) is 14.6 Å². The number of carboxylic acid groups (broad SMARTS) is 1. The molecular formula is C11H14N2O5. The van der Waals surface area contributed by atoms with E-state index in [2.05, 4.69) is 10.3 Å². The number of methoxy groups -OCH3 is 1. The molecule has 98 valence electrons. The molecule has 0 aliphatic heterocycles. The Morgan fingerprint density at radius 1 is 1.39 bits per heavy atom. The maximum atomic E-state index is 11.5. The number of aliphatic carboxylic acids is 1. The summed E-state index contributed by atoms with van der Waals surface area (Å²) < 4.78 is 10.1. The quantitative estimate of drug-likeness (QED) is 0.660. The highest BCUT2D eigenvalue weighted by Gasteiger charge is 2.08. The standard InChI is InChI=1S/C11H14N2O5/c1-17-2-3-18-9-4-8(5-12-6-9)11(16)13-7-10(14)15/h4-6H,2-3,7H2,1H3,(H,13,16)(H,14,15). The second kappa shape index (κ2) is 7.23.